The summed E-state index contributed by atoms with van der Waals surface area (Å²) in [5, 5.41) is 2.57. The molecule has 0 atom stereocenters. The lowest BCUT2D eigenvalue weighted by molar-refractivity contribution is 1.48. The third kappa shape index (κ3) is 1.94. The van der Waals surface area contributed by atoms with Crippen LogP contribution < -0.4 is 0 Å². The molecule has 0 bridgehead atoms. The topological polar surface area (TPSA) is 0 Å². The van der Waals surface area contributed by atoms with Gasteiger partial charge in [-0.25, -0.2) is 0 Å². The minimum Gasteiger partial charge on any atom is -0.143 e. The van der Waals surface area contributed by atoms with Crippen molar-refractivity contribution in [3.05, 3.63) is 66.7 Å². The standard InChI is InChI=1S/C16H12S/c17-14-10-8-13(9-11-14)16-7-3-5-12-4-1-2-6-15(12)16/h1-11,17H. The molecule has 0 amide bonds. The molecule has 17 heavy (non-hydrogen) atoms. The monoisotopic (exact) mass is 236 g/mol. The number of hydrogen-bond donors (Lipinski definition) is 1. The minimum absolute atomic E-state index is 0.994. The van der Waals surface area contributed by atoms with Crippen molar-refractivity contribution in [2.45, 2.75) is 4.90 Å². The molecule has 0 heterocycles. The van der Waals surface area contributed by atoms with Gasteiger partial charge in [0.05, 0.1) is 0 Å². The lowest BCUT2D eigenvalue weighted by Gasteiger charge is -2.06. The van der Waals surface area contributed by atoms with Crippen LogP contribution in [0, 0.1) is 0 Å². The average molecular weight is 236 g/mol. The Morgan fingerprint density at radius 1 is 0.647 bits per heavy atom. The SMILES string of the molecule is Sc1ccc(-c2cccc3ccccc23)cc1. The lowest BCUT2D eigenvalue weighted by atomic mass is 9.98. The molecule has 1 heteroatoms. The van der Waals surface area contributed by atoms with Crippen molar-refractivity contribution in [3.63, 3.8) is 0 Å². The average Bonchev–Trinajstić information content (AvgIpc) is 2.39. The number of fused-ring (bicyclic) bond motifs is 1. The largest absolute Gasteiger partial charge is 0.143 e. The van der Waals surface area contributed by atoms with Crippen LogP contribution in [0.15, 0.2) is 71.6 Å². The van der Waals surface area contributed by atoms with E-state index in [9.17, 15) is 0 Å². The van der Waals surface area contributed by atoms with Crippen molar-refractivity contribution in [1.29, 1.82) is 0 Å². The Kier molecular flexibility index (Phi) is 2.62. The van der Waals surface area contributed by atoms with Crippen molar-refractivity contribution >= 4 is 23.4 Å². The van der Waals surface area contributed by atoms with Gasteiger partial charge in [-0.15, -0.1) is 12.6 Å². The zero-order valence-corrected chi connectivity index (χ0v) is 10.2. The Morgan fingerprint density at radius 2 is 1.35 bits per heavy atom. The summed E-state index contributed by atoms with van der Waals surface area (Å²) in [5.41, 5.74) is 2.51. The molecule has 3 aromatic rings. The van der Waals surface area contributed by atoms with Crippen LogP contribution in [0.25, 0.3) is 21.9 Å². The van der Waals surface area contributed by atoms with Crippen LogP contribution in [0.3, 0.4) is 0 Å². The first-order chi connectivity index (χ1) is 8.34. The first kappa shape index (κ1) is 10.4. The molecule has 0 aliphatic heterocycles. The second-order valence-electron chi connectivity index (χ2n) is 4.07. The molecule has 3 rings (SSSR count). The fraction of sp³-hybridized carbons (Fsp3) is 0. The Labute approximate surface area is 106 Å². The van der Waals surface area contributed by atoms with Gasteiger partial charge in [-0.3, -0.25) is 0 Å². The van der Waals surface area contributed by atoms with Crippen LogP contribution in [-0.4, -0.2) is 0 Å². The second kappa shape index (κ2) is 4.27. The van der Waals surface area contributed by atoms with E-state index in [0.29, 0.717) is 0 Å². The van der Waals surface area contributed by atoms with Crippen molar-refractivity contribution in [2.24, 2.45) is 0 Å². The van der Waals surface area contributed by atoms with E-state index < -0.39 is 0 Å². The van der Waals surface area contributed by atoms with Crippen LogP contribution in [-0.2, 0) is 0 Å². The molecule has 0 nitrogen and oxygen atoms in total. The maximum atomic E-state index is 4.32. The molecule has 0 saturated carbocycles. The van der Waals surface area contributed by atoms with E-state index in [1.807, 2.05) is 12.1 Å². The lowest BCUT2D eigenvalue weighted by Crippen LogP contribution is -1.80. The van der Waals surface area contributed by atoms with Crippen LogP contribution in [0.2, 0.25) is 0 Å². The van der Waals surface area contributed by atoms with Gasteiger partial charge < -0.3 is 0 Å². The van der Waals surface area contributed by atoms with Crippen molar-refractivity contribution in [1.82, 2.24) is 0 Å². The van der Waals surface area contributed by atoms with E-state index in [0.717, 1.165) is 4.90 Å². The molecule has 3 aromatic carbocycles. The zero-order chi connectivity index (χ0) is 11.7. The summed E-state index contributed by atoms with van der Waals surface area (Å²) in [6.45, 7) is 0. The Morgan fingerprint density at radius 3 is 2.18 bits per heavy atom. The number of benzene rings is 3. The quantitative estimate of drug-likeness (QED) is 0.577. The normalized spacial score (nSPS) is 10.6. The fourth-order valence-electron chi connectivity index (χ4n) is 2.12. The van der Waals surface area contributed by atoms with E-state index >= 15 is 0 Å². The van der Waals surface area contributed by atoms with E-state index in [2.05, 4.69) is 67.2 Å². The molecular formula is C16H12S. The summed E-state index contributed by atoms with van der Waals surface area (Å²) in [6, 6.07) is 23.2. The van der Waals surface area contributed by atoms with Crippen molar-refractivity contribution in [3.8, 4) is 11.1 Å². The smallest absolute Gasteiger partial charge is 0.00404 e. The molecule has 0 aliphatic rings. The van der Waals surface area contributed by atoms with E-state index in [-0.39, 0.29) is 0 Å². The second-order valence-corrected chi connectivity index (χ2v) is 4.59. The highest BCUT2D eigenvalue weighted by Crippen LogP contribution is 2.28. The van der Waals surface area contributed by atoms with Gasteiger partial charge >= 0.3 is 0 Å². The minimum atomic E-state index is 0.994. The van der Waals surface area contributed by atoms with Crippen LogP contribution >= 0.6 is 12.6 Å². The molecule has 82 valence electrons. The molecule has 0 unspecified atom stereocenters. The molecule has 0 saturated heterocycles. The highest BCUT2D eigenvalue weighted by Gasteiger charge is 2.02. The number of thiol groups is 1. The predicted molar refractivity (Wildman–Crippen MR) is 76.6 cm³/mol. The first-order valence-electron chi connectivity index (χ1n) is 5.62. The third-order valence-electron chi connectivity index (χ3n) is 2.97. The fourth-order valence-corrected chi connectivity index (χ4v) is 2.27. The molecule has 0 radical (unpaired) electrons. The third-order valence-corrected chi connectivity index (χ3v) is 3.27. The van der Waals surface area contributed by atoms with Gasteiger partial charge in [0.2, 0.25) is 0 Å². The van der Waals surface area contributed by atoms with Crippen LogP contribution in [0.5, 0.6) is 0 Å². The van der Waals surface area contributed by atoms with Gasteiger partial charge in [0, 0.05) is 4.90 Å². The van der Waals surface area contributed by atoms with Gasteiger partial charge in [-0.2, -0.15) is 0 Å². The van der Waals surface area contributed by atoms with Crippen LogP contribution in [0.4, 0.5) is 0 Å². The van der Waals surface area contributed by atoms with Gasteiger partial charge in [0.1, 0.15) is 0 Å². The number of rotatable bonds is 1. The maximum absolute atomic E-state index is 4.32. The summed E-state index contributed by atoms with van der Waals surface area (Å²) in [5.74, 6) is 0. The predicted octanol–water partition coefficient (Wildman–Crippen LogP) is 4.80. The van der Waals surface area contributed by atoms with E-state index in [1.165, 1.54) is 21.9 Å². The Hall–Kier alpha value is -1.73. The summed E-state index contributed by atoms with van der Waals surface area (Å²) in [7, 11) is 0. The number of hydrogen-bond acceptors (Lipinski definition) is 1. The molecule has 0 aromatic heterocycles. The van der Waals surface area contributed by atoms with E-state index in [4.69, 9.17) is 0 Å². The van der Waals surface area contributed by atoms with Gasteiger partial charge in [0.15, 0.2) is 0 Å². The first-order valence-corrected chi connectivity index (χ1v) is 6.06. The van der Waals surface area contributed by atoms with Crippen molar-refractivity contribution < 1.29 is 0 Å². The van der Waals surface area contributed by atoms with Gasteiger partial charge in [-0.1, -0.05) is 54.6 Å². The van der Waals surface area contributed by atoms with Crippen molar-refractivity contribution in [2.75, 3.05) is 0 Å². The summed E-state index contributed by atoms with van der Waals surface area (Å²) in [6.07, 6.45) is 0. The molecule has 0 aliphatic carbocycles. The summed E-state index contributed by atoms with van der Waals surface area (Å²) < 4.78 is 0. The molecular weight excluding hydrogens is 224 g/mol. The highest BCUT2D eigenvalue weighted by molar-refractivity contribution is 7.80. The van der Waals surface area contributed by atoms with Crippen LogP contribution in [0.1, 0.15) is 0 Å². The molecule has 0 fully saturated rings. The zero-order valence-electron chi connectivity index (χ0n) is 9.30. The van der Waals surface area contributed by atoms with Gasteiger partial charge in [0.25, 0.3) is 0 Å². The molecule has 0 N–H and O–H groups in total. The highest BCUT2D eigenvalue weighted by atomic mass is 32.1. The summed E-state index contributed by atoms with van der Waals surface area (Å²) >= 11 is 4.32. The van der Waals surface area contributed by atoms with E-state index in [1.54, 1.807) is 0 Å². The van der Waals surface area contributed by atoms with Gasteiger partial charge in [-0.05, 0) is 34.0 Å². The maximum Gasteiger partial charge on any atom is 0.00404 e. The Balaban J connectivity index is 2.27. The summed E-state index contributed by atoms with van der Waals surface area (Å²) in [4.78, 5) is 0.994. The Bertz CT molecular complexity index is 648. The molecule has 0 spiro atoms.